The first-order chi connectivity index (χ1) is 8.00. The van der Waals surface area contributed by atoms with E-state index in [-0.39, 0.29) is 5.91 Å². The van der Waals surface area contributed by atoms with Crippen LogP contribution in [0.15, 0.2) is 9.85 Å². The lowest BCUT2D eigenvalue weighted by Gasteiger charge is -2.02. The average molecular weight is 335 g/mol. The predicted octanol–water partition coefficient (Wildman–Crippen LogP) is 3.01. The lowest BCUT2D eigenvalue weighted by molar-refractivity contribution is 0.0957. The zero-order valence-corrected chi connectivity index (χ0v) is 12.8. The van der Waals surface area contributed by atoms with Crippen LogP contribution in [0.5, 0.6) is 0 Å². The fourth-order valence-corrected chi connectivity index (χ4v) is 2.88. The summed E-state index contributed by atoms with van der Waals surface area (Å²) in [7, 11) is 0. The van der Waals surface area contributed by atoms with E-state index in [0.29, 0.717) is 11.5 Å². The van der Waals surface area contributed by atoms with E-state index >= 15 is 0 Å². The quantitative estimate of drug-likeness (QED) is 0.621. The molecule has 1 aromatic heterocycles. The second-order valence-electron chi connectivity index (χ2n) is 3.75. The van der Waals surface area contributed by atoms with E-state index in [9.17, 15) is 4.79 Å². The van der Waals surface area contributed by atoms with E-state index in [1.165, 1.54) is 11.3 Å². The molecule has 0 bridgehead atoms. The van der Waals surface area contributed by atoms with Gasteiger partial charge >= 0.3 is 0 Å². The molecule has 0 spiro atoms. The molecule has 3 N–H and O–H groups in total. The number of thiocarbonyl (C=S) groups is 1. The second-order valence-corrected chi connectivity index (χ2v) is 6.64. The van der Waals surface area contributed by atoms with Crippen LogP contribution in [-0.2, 0) is 0 Å². The number of amides is 1. The predicted molar refractivity (Wildman–Crippen MR) is 79.7 cm³/mol. The third-order valence-electron chi connectivity index (χ3n) is 2.22. The summed E-state index contributed by atoms with van der Waals surface area (Å²) in [4.78, 5) is 13.0. The molecule has 0 aliphatic heterocycles. The van der Waals surface area contributed by atoms with Gasteiger partial charge < -0.3 is 11.1 Å². The van der Waals surface area contributed by atoms with Crippen LogP contribution < -0.4 is 11.1 Å². The Balaban J connectivity index is 2.28. The van der Waals surface area contributed by atoms with Gasteiger partial charge in [-0.1, -0.05) is 12.2 Å². The summed E-state index contributed by atoms with van der Waals surface area (Å²) < 4.78 is 1.01. The van der Waals surface area contributed by atoms with Crippen molar-refractivity contribution >= 4 is 50.4 Å². The summed E-state index contributed by atoms with van der Waals surface area (Å²) in [6, 6.07) is 1.89. The zero-order chi connectivity index (χ0) is 12.8. The standard InChI is InChI=1S/C11H15BrN2OS2/c1-7-6-8(17-10(7)12)11(15)14-5-3-2-4-9(13)16/h6H,2-5H2,1H3,(H2,13,16)(H,14,15). The summed E-state index contributed by atoms with van der Waals surface area (Å²) in [6.07, 6.45) is 2.56. The molecule has 0 radical (unpaired) electrons. The van der Waals surface area contributed by atoms with Crippen LogP contribution in [0, 0.1) is 6.92 Å². The number of nitrogens with one attached hydrogen (secondary N) is 1. The minimum absolute atomic E-state index is 0.0147. The van der Waals surface area contributed by atoms with E-state index in [0.717, 1.165) is 33.5 Å². The molecule has 3 nitrogen and oxygen atoms in total. The molecule has 17 heavy (non-hydrogen) atoms. The van der Waals surface area contributed by atoms with E-state index in [1.807, 2.05) is 13.0 Å². The minimum atomic E-state index is -0.0147. The Morgan fingerprint density at radius 1 is 1.59 bits per heavy atom. The lowest BCUT2D eigenvalue weighted by Crippen LogP contribution is -2.23. The summed E-state index contributed by atoms with van der Waals surface area (Å²) in [5.41, 5.74) is 6.48. The van der Waals surface area contributed by atoms with Crippen molar-refractivity contribution in [2.24, 2.45) is 5.73 Å². The van der Waals surface area contributed by atoms with Crippen molar-refractivity contribution < 1.29 is 4.79 Å². The summed E-state index contributed by atoms with van der Waals surface area (Å²) in [5, 5.41) is 2.88. The number of carbonyl (C=O) groups is 1. The molecule has 0 fully saturated rings. The first-order valence-corrected chi connectivity index (χ1v) is 7.35. The van der Waals surface area contributed by atoms with Gasteiger partial charge in [-0.05, 0) is 53.7 Å². The van der Waals surface area contributed by atoms with Crippen LogP contribution in [0.3, 0.4) is 0 Å². The number of aryl methyl sites for hydroxylation is 1. The Kier molecular flexibility index (Phi) is 6.08. The highest BCUT2D eigenvalue weighted by molar-refractivity contribution is 9.11. The van der Waals surface area contributed by atoms with E-state index in [1.54, 1.807) is 0 Å². The van der Waals surface area contributed by atoms with Gasteiger partial charge in [0.1, 0.15) is 0 Å². The smallest absolute Gasteiger partial charge is 0.261 e. The van der Waals surface area contributed by atoms with Gasteiger partial charge in [0.25, 0.3) is 5.91 Å². The van der Waals surface area contributed by atoms with Crippen LogP contribution in [0.2, 0.25) is 0 Å². The highest BCUT2D eigenvalue weighted by atomic mass is 79.9. The van der Waals surface area contributed by atoms with Crippen LogP contribution in [0.1, 0.15) is 34.5 Å². The Labute approximate surface area is 119 Å². The molecule has 94 valence electrons. The third kappa shape index (κ3) is 5.14. The number of rotatable bonds is 6. The Hall–Kier alpha value is -0.460. The second kappa shape index (κ2) is 7.08. The third-order valence-corrected chi connectivity index (χ3v) is 4.56. The fraction of sp³-hybridized carbons (Fsp3) is 0.455. The number of unbranched alkanes of at least 4 members (excludes halogenated alkanes) is 1. The molecule has 6 heteroatoms. The van der Waals surface area contributed by atoms with Gasteiger partial charge in [-0.2, -0.15) is 0 Å². The number of thiophene rings is 1. The molecule has 0 aromatic carbocycles. The van der Waals surface area contributed by atoms with Crippen LogP contribution >= 0.6 is 39.5 Å². The maximum Gasteiger partial charge on any atom is 0.261 e. The molecule has 0 saturated heterocycles. The largest absolute Gasteiger partial charge is 0.393 e. The summed E-state index contributed by atoms with van der Waals surface area (Å²) in [6.45, 7) is 2.63. The van der Waals surface area contributed by atoms with Gasteiger partial charge in [0, 0.05) is 6.54 Å². The van der Waals surface area contributed by atoms with E-state index in [2.05, 4.69) is 21.2 Å². The first kappa shape index (κ1) is 14.6. The Morgan fingerprint density at radius 2 is 2.29 bits per heavy atom. The van der Waals surface area contributed by atoms with Crippen molar-refractivity contribution in [3.8, 4) is 0 Å². The number of nitrogens with two attached hydrogens (primary N) is 1. The van der Waals surface area contributed by atoms with Crippen molar-refractivity contribution in [2.45, 2.75) is 26.2 Å². The van der Waals surface area contributed by atoms with Gasteiger partial charge in [0.2, 0.25) is 0 Å². The summed E-state index contributed by atoms with van der Waals surface area (Å²) >= 11 is 9.64. The fourth-order valence-electron chi connectivity index (χ4n) is 1.29. The Morgan fingerprint density at radius 3 is 2.82 bits per heavy atom. The molecule has 1 rings (SSSR count). The number of halogens is 1. The molecule has 0 aliphatic carbocycles. The highest BCUT2D eigenvalue weighted by Crippen LogP contribution is 2.27. The normalized spacial score (nSPS) is 10.2. The minimum Gasteiger partial charge on any atom is -0.393 e. The van der Waals surface area contributed by atoms with Gasteiger partial charge in [0.05, 0.1) is 13.7 Å². The zero-order valence-electron chi connectivity index (χ0n) is 9.59. The molecule has 0 aliphatic rings. The average Bonchev–Trinajstić information content (AvgIpc) is 2.58. The lowest BCUT2D eigenvalue weighted by atomic mass is 10.2. The number of carbonyl (C=O) groups excluding carboxylic acids is 1. The first-order valence-electron chi connectivity index (χ1n) is 5.33. The van der Waals surface area contributed by atoms with Crippen molar-refractivity contribution in [2.75, 3.05) is 6.54 Å². The maximum absolute atomic E-state index is 11.7. The van der Waals surface area contributed by atoms with Crippen LogP contribution in [-0.4, -0.2) is 17.4 Å². The van der Waals surface area contributed by atoms with Gasteiger partial charge in [-0.3, -0.25) is 4.79 Å². The van der Waals surface area contributed by atoms with Crippen molar-refractivity contribution in [3.63, 3.8) is 0 Å². The molecule has 0 unspecified atom stereocenters. The molecular formula is C11H15BrN2OS2. The molecule has 1 heterocycles. The van der Waals surface area contributed by atoms with Crippen molar-refractivity contribution in [1.29, 1.82) is 0 Å². The topological polar surface area (TPSA) is 55.1 Å². The molecular weight excluding hydrogens is 320 g/mol. The number of hydrogen-bond acceptors (Lipinski definition) is 3. The van der Waals surface area contributed by atoms with E-state index in [4.69, 9.17) is 18.0 Å². The maximum atomic E-state index is 11.7. The van der Waals surface area contributed by atoms with Crippen molar-refractivity contribution in [3.05, 3.63) is 20.3 Å². The van der Waals surface area contributed by atoms with E-state index < -0.39 is 0 Å². The molecule has 1 amide bonds. The molecule has 0 atom stereocenters. The highest BCUT2D eigenvalue weighted by Gasteiger charge is 2.10. The van der Waals surface area contributed by atoms with Crippen LogP contribution in [0.4, 0.5) is 0 Å². The van der Waals surface area contributed by atoms with Gasteiger partial charge in [-0.15, -0.1) is 11.3 Å². The monoisotopic (exact) mass is 334 g/mol. The molecule has 1 aromatic rings. The summed E-state index contributed by atoms with van der Waals surface area (Å²) in [5.74, 6) is -0.0147. The van der Waals surface area contributed by atoms with Crippen molar-refractivity contribution in [1.82, 2.24) is 5.32 Å². The number of hydrogen-bond donors (Lipinski definition) is 2. The van der Waals surface area contributed by atoms with Gasteiger partial charge in [0.15, 0.2) is 0 Å². The van der Waals surface area contributed by atoms with Crippen LogP contribution in [0.25, 0.3) is 0 Å². The Bertz CT molecular complexity index is 398. The SMILES string of the molecule is Cc1cc(C(=O)NCCCCC(N)=S)sc1Br. The van der Waals surface area contributed by atoms with Gasteiger partial charge in [-0.25, -0.2) is 0 Å². The molecule has 0 saturated carbocycles.